The van der Waals surface area contributed by atoms with E-state index in [1.54, 1.807) is 0 Å². The summed E-state index contributed by atoms with van der Waals surface area (Å²) in [7, 11) is 2.21. The number of rotatable bonds is 7. The van der Waals surface area contributed by atoms with E-state index in [1.807, 2.05) is 0 Å². The molecule has 1 atom stereocenters. The van der Waals surface area contributed by atoms with Crippen molar-refractivity contribution in [3.8, 4) is 0 Å². The Morgan fingerprint density at radius 2 is 1.67 bits per heavy atom. The van der Waals surface area contributed by atoms with Crippen molar-refractivity contribution >= 4 is 0 Å². The molecular weight excluding hydrogens is 184 g/mol. The molecule has 92 valence electrons. The smallest absolute Gasteiger partial charge is 0.00642 e. The summed E-state index contributed by atoms with van der Waals surface area (Å²) in [6, 6.07) is 0.665. The molecule has 15 heavy (non-hydrogen) atoms. The molecule has 0 aromatic rings. The number of hydrogen-bond acceptors (Lipinski definition) is 2. The van der Waals surface area contributed by atoms with Crippen LogP contribution in [0, 0.1) is 11.3 Å². The molecule has 0 aliphatic heterocycles. The molecule has 2 nitrogen and oxygen atoms in total. The van der Waals surface area contributed by atoms with Gasteiger partial charge in [-0.25, -0.2) is 0 Å². The Labute approximate surface area is 96.2 Å². The average molecular weight is 214 g/mol. The lowest BCUT2D eigenvalue weighted by atomic mass is 9.92. The predicted octanol–water partition coefficient (Wildman–Crippen LogP) is 2.73. The van der Waals surface area contributed by atoms with Gasteiger partial charge in [0, 0.05) is 12.6 Å². The molecule has 2 N–H and O–H groups in total. The minimum absolute atomic E-state index is 0.237. The van der Waals surface area contributed by atoms with Crippen molar-refractivity contribution in [2.45, 2.75) is 53.5 Å². The summed E-state index contributed by atoms with van der Waals surface area (Å²) in [6.45, 7) is 13.2. The second-order valence-electron chi connectivity index (χ2n) is 6.10. The molecule has 0 amide bonds. The van der Waals surface area contributed by atoms with E-state index in [-0.39, 0.29) is 5.41 Å². The summed E-state index contributed by atoms with van der Waals surface area (Å²) in [5.41, 5.74) is 5.99. The van der Waals surface area contributed by atoms with E-state index in [0.717, 1.165) is 19.0 Å². The predicted molar refractivity (Wildman–Crippen MR) is 69.0 cm³/mol. The number of nitrogens with two attached hydrogens (primary N) is 1. The quantitative estimate of drug-likeness (QED) is 0.706. The molecule has 0 aromatic heterocycles. The van der Waals surface area contributed by atoms with E-state index < -0.39 is 0 Å². The van der Waals surface area contributed by atoms with Gasteiger partial charge >= 0.3 is 0 Å². The molecule has 2 heteroatoms. The second kappa shape index (κ2) is 6.49. The maximum Gasteiger partial charge on any atom is 0.00642 e. The van der Waals surface area contributed by atoms with Crippen LogP contribution in [0.4, 0.5) is 0 Å². The van der Waals surface area contributed by atoms with Crippen LogP contribution in [0.25, 0.3) is 0 Å². The zero-order valence-electron chi connectivity index (χ0n) is 11.5. The highest BCUT2D eigenvalue weighted by molar-refractivity contribution is 4.76. The SMILES string of the molecule is CC(C)CCC(C)N(C)CC(C)(C)CN. The van der Waals surface area contributed by atoms with Crippen LogP contribution in [0.1, 0.15) is 47.5 Å². The molecule has 1 unspecified atom stereocenters. The summed E-state index contributed by atoms with van der Waals surface area (Å²) in [5.74, 6) is 0.809. The highest BCUT2D eigenvalue weighted by atomic mass is 15.1. The van der Waals surface area contributed by atoms with Gasteiger partial charge in [-0.1, -0.05) is 27.7 Å². The van der Waals surface area contributed by atoms with Crippen LogP contribution >= 0.6 is 0 Å². The van der Waals surface area contributed by atoms with Crippen LogP contribution in [0.15, 0.2) is 0 Å². The molecule has 0 aromatic carbocycles. The Balaban J connectivity index is 3.93. The Morgan fingerprint density at radius 3 is 2.07 bits per heavy atom. The first-order valence-corrected chi connectivity index (χ1v) is 6.19. The lowest BCUT2D eigenvalue weighted by molar-refractivity contribution is 0.163. The standard InChI is InChI=1S/C13H30N2/c1-11(2)7-8-12(3)15(6)10-13(4,5)9-14/h11-12H,7-10,14H2,1-6H3. The van der Waals surface area contributed by atoms with Crippen molar-refractivity contribution in [3.63, 3.8) is 0 Å². The second-order valence-corrected chi connectivity index (χ2v) is 6.10. The molecule has 0 spiro atoms. The lowest BCUT2D eigenvalue weighted by Crippen LogP contribution is -2.40. The van der Waals surface area contributed by atoms with Gasteiger partial charge in [0.05, 0.1) is 0 Å². The molecule has 0 bridgehead atoms. The highest BCUT2D eigenvalue weighted by Crippen LogP contribution is 2.18. The molecule has 0 radical (unpaired) electrons. The maximum atomic E-state index is 5.75. The van der Waals surface area contributed by atoms with E-state index in [0.29, 0.717) is 6.04 Å². The van der Waals surface area contributed by atoms with E-state index in [2.05, 4.69) is 46.6 Å². The van der Waals surface area contributed by atoms with Crippen molar-refractivity contribution < 1.29 is 0 Å². The first-order valence-electron chi connectivity index (χ1n) is 6.19. The molecular formula is C13H30N2. The summed E-state index contributed by atoms with van der Waals surface area (Å²) in [4.78, 5) is 2.44. The average Bonchev–Trinajstić information content (AvgIpc) is 2.13. The van der Waals surface area contributed by atoms with Crippen molar-refractivity contribution in [1.29, 1.82) is 0 Å². The summed E-state index contributed by atoms with van der Waals surface area (Å²) >= 11 is 0. The van der Waals surface area contributed by atoms with Gasteiger partial charge in [0.2, 0.25) is 0 Å². The largest absolute Gasteiger partial charge is 0.330 e. The highest BCUT2D eigenvalue weighted by Gasteiger charge is 2.20. The van der Waals surface area contributed by atoms with Crippen LogP contribution in [0.3, 0.4) is 0 Å². The van der Waals surface area contributed by atoms with Crippen LogP contribution in [0.2, 0.25) is 0 Å². The lowest BCUT2D eigenvalue weighted by Gasteiger charge is -2.33. The number of nitrogens with zero attached hydrogens (tertiary/aromatic N) is 1. The summed E-state index contributed by atoms with van der Waals surface area (Å²) < 4.78 is 0. The number of hydrogen-bond donors (Lipinski definition) is 1. The van der Waals surface area contributed by atoms with Gasteiger partial charge in [-0.15, -0.1) is 0 Å². The van der Waals surface area contributed by atoms with Gasteiger partial charge in [-0.3, -0.25) is 0 Å². The normalized spacial score (nSPS) is 15.0. The molecule has 0 rings (SSSR count). The van der Waals surface area contributed by atoms with Crippen molar-refractivity contribution in [3.05, 3.63) is 0 Å². The van der Waals surface area contributed by atoms with E-state index >= 15 is 0 Å². The van der Waals surface area contributed by atoms with Gasteiger partial charge in [0.15, 0.2) is 0 Å². The van der Waals surface area contributed by atoms with Crippen LogP contribution in [-0.4, -0.2) is 31.1 Å². The van der Waals surface area contributed by atoms with Crippen molar-refractivity contribution in [1.82, 2.24) is 4.90 Å². The Bertz CT molecular complexity index is 164. The fraction of sp³-hybridized carbons (Fsp3) is 1.00. The fourth-order valence-electron chi connectivity index (χ4n) is 1.69. The van der Waals surface area contributed by atoms with E-state index in [4.69, 9.17) is 5.73 Å². The zero-order chi connectivity index (χ0) is 12.1. The monoisotopic (exact) mass is 214 g/mol. The van der Waals surface area contributed by atoms with Crippen molar-refractivity contribution in [2.75, 3.05) is 20.1 Å². The summed E-state index contributed by atoms with van der Waals surface area (Å²) in [6.07, 6.45) is 2.60. The molecule has 0 saturated carbocycles. The molecule has 0 fully saturated rings. The molecule has 0 heterocycles. The Hall–Kier alpha value is -0.0800. The minimum atomic E-state index is 0.237. The Morgan fingerprint density at radius 1 is 1.13 bits per heavy atom. The van der Waals surface area contributed by atoms with Gasteiger partial charge in [0.25, 0.3) is 0 Å². The zero-order valence-corrected chi connectivity index (χ0v) is 11.5. The van der Waals surface area contributed by atoms with Crippen LogP contribution in [0.5, 0.6) is 0 Å². The van der Waals surface area contributed by atoms with Crippen LogP contribution in [-0.2, 0) is 0 Å². The maximum absolute atomic E-state index is 5.75. The first-order chi connectivity index (χ1) is 6.78. The fourth-order valence-corrected chi connectivity index (χ4v) is 1.69. The molecule has 0 aliphatic rings. The molecule has 0 aliphatic carbocycles. The van der Waals surface area contributed by atoms with E-state index in [9.17, 15) is 0 Å². The third kappa shape index (κ3) is 6.91. The Kier molecular flexibility index (Phi) is 6.46. The van der Waals surface area contributed by atoms with Crippen LogP contribution < -0.4 is 5.73 Å². The van der Waals surface area contributed by atoms with Gasteiger partial charge in [0.1, 0.15) is 0 Å². The third-order valence-corrected chi connectivity index (χ3v) is 3.14. The van der Waals surface area contributed by atoms with Crippen molar-refractivity contribution in [2.24, 2.45) is 17.1 Å². The van der Waals surface area contributed by atoms with Gasteiger partial charge < -0.3 is 10.6 Å². The minimum Gasteiger partial charge on any atom is -0.330 e. The topological polar surface area (TPSA) is 29.3 Å². The first kappa shape index (κ1) is 14.9. The molecule has 0 saturated heterocycles. The third-order valence-electron chi connectivity index (χ3n) is 3.14. The van der Waals surface area contributed by atoms with Gasteiger partial charge in [-0.2, -0.15) is 0 Å². The van der Waals surface area contributed by atoms with E-state index in [1.165, 1.54) is 12.8 Å². The summed E-state index contributed by atoms with van der Waals surface area (Å²) in [5, 5.41) is 0. The van der Waals surface area contributed by atoms with Gasteiger partial charge in [-0.05, 0) is 44.7 Å².